The van der Waals surface area contributed by atoms with Crippen molar-refractivity contribution in [2.45, 2.75) is 13.1 Å². The number of aromatic nitrogens is 2. The van der Waals surface area contributed by atoms with Crippen LogP contribution in [0.15, 0.2) is 77.6 Å². The summed E-state index contributed by atoms with van der Waals surface area (Å²) in [5, 5.41) is 0.977. The fraction of sp³-hybridized carbons (Fsp3) is 0.143. The minimum absolute atomic E-state index is 0.146. The smallest absolute Gasteiger partial charge is 0.262 e. The Balaban J connectivity index is 1.66. The summed E-state index contributed by atoms with van der Waals surface area (Å²) in [7, 11) is 3.26. The van der Waals surface area contributed by atoms with Crippen LogP contribution in [0.3, 0.4) is 0 Å². The fourth-order valence-electron chi connectivity index (χ4n) is 4.17. The van der Waals surface area contributed by atoms with Crippen molar-refractivity contribution in [3.05, 3.63) is 99.3 Å². The topological polar surface area (TPSA) is 79.4 Å². The van der Waals surface area contributed by atoms with Crippen LogP contribution in [0.4, 0.5) is 0 Å². The van der Waals surface area contributed by atoms with Gasteiger partial charge in [0, 0.05) is 28.1 Å². The van der Waals surface area contributed by atoms with E-state index in [1.165, 1.54) is 0 Å². The predicted octanol–water partition coefficient (Wildman–Crippen LogP) is 5.97. The zero-order valence-electron chi connectivity index (χ0n) is 19.8. The summed E-state index contributed by atoms with van der Waals surface area (Å²) >= 11 is 7.76. The van der Waals surface area contributed by atoms with Gasteiger partial charge in [-0.25, -0.2) is 4.98 Å². The van der Waals surface area contributed by atoms with Gasteiger partial charge in [0.15, 0.2) is 5.82 Å². The van der Waals surface area contributed by atoms with Crippen LogP contribution < -0.4 is 20.8 Å². The number of nitrogens with two attached hydrogens (primary N) is 1. The molecule has 0 aliphatic heterocycles. The van der Waals surface area contributed by atoms with Crippen LogP contribution in [-0.4, -0.2) is 23.8 Å². The van der Waals surface area contributed by atoms with Crippen LogP contribution in [0, 0.1) is 0 Å². The van der Waals surface area contributed by atoms with E-state index in [2.05, 4.69) is 0 Å². The van der Waals surface area contributed by atoms with Crippen molar-refractivity contribution in [3.8, 4) is 32.6 Å². The van der Waals surface area contributed by atoms with Gasteiger partial charge in [-0.3, -0.25) is 9.36 Å². The largest absolute Gasteiger partial charge is 0.497 e. The van der Waals surface area contributed by atoms with Crippen LogP contribution in [0.5, 0.6) is 11.5 Å². The van der Waals surface area contributed by atoms with Crippen LogP contribution in [-0.2, 0) is 13.1 Å². The van der Waals surface area contributed by atoms with Crippen LogP contribution in [0.2, 0.25) is 5.02 Å². The van der Waals surface area contributed by atoms with Crippen molar-refractivity contribution >= 4 is 33.8 Å². The van der Waals surface area contributed by atoms with Gasteiger partial charge in [-0.15, -0.1) is 11.3 Å². The van der Waals surface area contributed by atoms with Crippen molar-refractivity contribution in [1.82, 2.24) is 9.55 Å². The third-order valence-electron chi connectivity index (χ3n) is 5.98. The molecule has 8 heteroatoms. The molecule has 6 nitrogen and oxygen atoms in total. The maximum absolute atomic E-state index is 13.7. The third kappa shape index (κ3) is 4.60. The Labute approximate surface area is 217 Å². The molecule has 0 saturated carbocycles. The summed E-state index contributed by atoms with van der Waals surface area (Å²) in [4.78, 5) is 20.5. The van der Waals surface area contributed by atoms with E-state index in [1.807, 2.05) is 54.6 Å². The van der Waals surface area contributed by atoms with E-state index in [4.69, 9.17) is 31.8 Å². The molecule has 0 aliphatic carbocycles. The molecule has 2 aromatic heterocycles. The van der Waals surface area contributed by atoms with Crippen LogP contribution in [0.25, 0.3) is 32.0 Å². The van der Waals surface area contributed by atoms with E-state index in [0.717, 1.165) is 32.2 Å². The number of hydrogen-bond acceptors (Lipinski definition) is 6. The Morgan fingerprint density at radius 3 is 2.53 bits per heavy atom. The molecule has 2 heterocycles. The SMILES string of the molecule is COc1ccc(-c2ccc(-c3nc4ccc(Cl)cc4c(=O)n3Cc3cccc(CN)c3)s2)c(OC)c1. The van der Waals surface area contributed by atoms with Gasteiger partial charge in [0.25, 0.3) is 5.56 Å². The molecule has 0 bridgehead atoms. The number of ether oxygens (including phenoxy) is 2. The van der Waals surface area contributed by atoms with Crippen molar-refractivity contribution in [2.75, 3.05) is 14.2 Å². The highest BCUT2D eigenvalue weighted by atomic mass is 35.5. The molecule has 0 atom stereocenters. The van der Waals surface area contributed by atoms with Gasteiger partial charge in [0.1, 0.15) is 11.5 Å². The molecule has 5 aromatic rings. The van der Waals surface area contributed by atoms with Gasteiger partial charge >= 0.3 is 0 Å². The van der Waals surface area contributed by atoms with E-state index >= 15 is 0 Å². The normalized spacial score (nSPS) is 11.1. The zero-order chi connectivity index (χ0) is 25.2. The summed E-state index contributed by atoms with van der Waals surface area (Å²) in [5.74, 6) is 2.02. The van der Waals surface area contributed by atoms with Crippen LogP contribution >= 0.6 is 22.9 Å². The van der Waals surface area contributed by atoms with Crippen molar-refractivity contribution < 1.29 is 9.47 Å². The van der Waals surface area contributed by atoms with E-state index in [9.17, 15) is 4.79 Å². The van der Waals surface area contributed by atoms with Gasteiger partial charge in [0.2, 0.25) is 0 Å². The number of rotatable bonds is 7. The summed E-state index contributed by atoms with van der Waals surface area (Å²) in [6.45, 7) is 0.787. The summed E-state index contributed by atoms with van der Waals surface area (Å²) in [6.07, 6.45) is 0. The monoisotopic (exact) mass is 517 g/mol. The van der Waals surface area contributed by atoms with E-state index in [1.54, 1.807) is 48.3 Å². The Kier molecular flexibility index (Phi) is 6.78. The molecule has 0 spiro atoms. The summed E-state index contributed by atoms with van der Waals surface area (Å²) < 4.78 is 12.6. The van der Waals surface area contributed by atoms with E-state index < -0.39 is 0 Å². The van der Waals surface area contributed by atoms with Crippen LogP contribution in [0.1, 0.15) is 11.1 Å². The highest BCUT2D eigenvalue weighted by Crippen LogP contribution is 2.40. The Morgan fingerprint density at radius 1 is 0.944 bits per heavy atom. The molecule has 0 radical (unpaired) electrons. The van der Waals surface area contributed by atoms with Gasteiger partial charge in [-0.2, -0.15) is 0 Å². The first-order valence-electron chi connectivity index (χ1n) is 11.3. The highest BCUT2D eigenvalue weighted by Gasteiger charge is 2.17. The van der Waals surface area contributed by atoms with Crippen molar-refractivity contribution in [1.29, 1.82) is 0 Å². The average molecular weight is 518 g/mol. The lowest BCUT2D eigenvalue weighted by atomic mass is 10.1. The lowest BCUT2D eigenvalue weighted by Gasteiger charge is -2.14. The standard InChI is InChI=1S/C28H24ClN3O3S/c1-34-20-7-8-21(24(14-20)35-2)25-10-11-26(36-25)27-31-23-9-6-19(29)13-22(23)28(33)32(27)16-18-5-3-4-17(12-18)15-30/h3-14H,15-16,30H2,1-2H3. The molecule has 3 aromatic carbocycles. The summed E-state index contributed by atoms with van der Waals surface area (Å²) in [5.41, 5.74) is 9.21. The molecule has 2 N–H and O–H groups in total. The van der Waals surface area contributed by atoms with Gasteiger partial charge in [-0.05, 0) is 53.6 Å². The number of fused-ring (bicyclic) bond motifs is 1. The number of halogens is 1. The highest BCUT2D eigenvalue weighted by molar-refractivity contribution is 7.18. The Bertz CT molecular complexity index is 1630. The van der Waals surface area contributed by atoms with E-state index in [0.29, 0.717) is 40.6 Å². The molecule has 36 heavy (non-hydrogen) atoms. The molecule has 0 amide bonds. The molecule has 5 rings (SSSR count). The molecule has 0 unspecified atom stereocenters. The maximum atomic E-state index is 13.7. The second-order valence-corrected chi connectivity index (χ2v) is 9.76. The lowest BCUT2D eigenvalue weighted by molar-refractivity contribution is 0.395. The number of nitrogens with zero attached hydrogens (tertiary/aromatic N) is 2. The van der Waals surface area contributed by atoms with Gasteiger partial charge < -0.3 is 15.2 Å². The minimum atomic E-state index is -0.146. The van der Waals surface area contributed by atoms with Gasteiger partial charge in [0.05, 0.1) is 36.5 Å². The second-order valence-electron chi connectivity index (χ2n) is 8.24. The number of methoxy groups -OCH3 is 2. The molecular weight excluding hydrogens is 494 g/mol. The third-order valence-corrected chi connectivity index (χ3v) is 7.33. The average Bonchev–Trinajstić information content (AvgIpc) is 3.40. The van der Waals surface area contributed by atoms with Crippen molar-refractivity contribution in [2.24, 2.45) is 5.73 Å². The zero-order valence-corrected chi connectivity index (χ0v) is 21.4. The molecule has 0 aliphatic rings. The van der Waals surface area contributed by atoms with Gasteiger partial charge in [-0.1, -0.05) is 35.9 Å². The first kappa shape index (κ1) is 24.1. The second kappa shape index (κ2) is 10.1. The molecule has 182 valence electrons. The number of hydrogen-bond donors (Lipinski definition) is 1. The Hall–Kier alpha value is -3.65. The Morgan fingerprint density at radius 2 is 1.75 bits per heavy atom. The maximum Gasteiger partial charge on any atom is 0.262 e. The quantitative estimate of drug-likeness (QED) is 0.288. The van der Waals surface area contributed by atoms with E-state index in [-0.39, 0.29) is 5.56 Å². The molecule has 0 fully saturated rings. The predicted molar refractivity (Wildman–Crippen MR) is 146 cm³/mol. The summed E-state index contributed by atoms with van der Waals surface area (Å²) in [6, 6.07) is 22.8. The lowest BCUT2D eigenvalue weighted by Crippen LogP contribution is -2.24. The number of benzene rings is 3. The first-order valence-corrected chi connectivity index (χ1v) is 12.5. The first-order chi connectivity index (χ1) is 17.5. The van der Waals surface area contributed by atoms with Crippen molar-refractivity contribution in [3.63, 3.8) is 0 Å². The number of thiophene rings is 1. The molecule has 0 saturated heterocycles. The fourth-order valence-corrected chi connectivity index (χ4v) is 5.38. The minimum Gasteiger partial charge on any atom is -0.497 e. The molecular formula is C28H24ClN3O3S.